The summed E-state index contributed by atoms with van der Waals surface area (Å²) in [5.74, 6) is -0.930. The highest BCUT2D eigenvalue weighted by Crippen LogP contribution is 2.29. The van der Waals surface area contributed by atoms with Gasteiger partial charge in [-0.3, -0.25) is 4.79 Å². The topological polar surface area (TPSA) is 57.6 Å². The molecule has 1 amide bonds. The standard InChI is InChI=1S/C16H21NO3S/c1-2-14(21-12-8-4-3-5-9-12)15(18)17-11-7-6-10-13(17)16(19)20/h3-5,8-9,13-14H,2,6-7,10-11H2,1H3,(H,19,20). The van der Waals surface area contributed by atoms with E-state index in [2.05, 4.69) is 0 Å². The number of amides is 1. The largest absolute Gasteiger partial charge is 0.480 e. The van der Waals surface area contributed by atoms with E-state index in [0.717, 1.165) is 17.7 Å². The molecule has 1 aromatic rings. The minimum Gasteiger partial charge on any atom is -0.480 e. The van der Waals surface area contributed by atoms with Gasteiger partial charge >= 0.3 is 5.97 Å². The summed E-state index contributed by atoms with van der Waals surface area (Å²) in [6.07, 6.45) is 3.03. The number of piperidine rings is 1. The van der Waals surface area contributed by atoms with Crippen molar-refractivity contribution in [2.45, 2.75) is 48.8 Å². The third kappa shape index (κ3) is 4.00. The predicted octanol–water partition coefficient (Wildman–Crippen LogP) is 3.02. The summed E-state index contributed by atoms with van der Waals surface area (Å²) in [5, 5.41) is 9.09. The maximum atomic E-state index is 12.7. The zero-order valence-corrected chi connectivity index (χ0v) is 13.0. The first-order chi connectivity index (χ1) is 10.1. The average Bonchev–Trinajstić information content (AvgIpc) is 2.53. The van der Waals surface area contributed by atoms with Crippen LogP contribution in [0.1, 0.15) is 32.6 Å². The Balaban J connectivity index is 2.09. The second-order valence-corrected chi connectivity index (χ2v) is 6.49. The summed E-state index contributed by atoms with van der Waals surface area (Å²) in [6.45, 7) is 2.53. The Bertz CT molecular complexity index is 492. The average molecular weight is 307 g/mol. The number of aliphatic carboxylic acids is 1. The van der Waals surface area contributed by atoms with E-state index in [9.17, 15) is 14.7 Å². The Hall–Kier alpha value is -1.49. The second kappa shape index (κ2) is 7.50. The van der Waals surface area contributed by atoms with Crippen LogP contribution in [0.25, 0.3) is 0 Å². The fraction of sp³-hybridized carbons (Fsp3) is 0.500. The maximum Gasteiger partial charge on any atom is 0.326 e. The number of benzene rings is 1. The van der Waals surface area contributed by atoms with Crippen molar-refractivity contribution in [3.8, 4) is 0 Å². The molecule has 2 unspecified atom stereocenters. The number of thioether (sulfide) groups is 1. The molecule has 1 aliphatic rings. The molecule has 2 rings (SSSR count). The fourth-order valence-corrected chi connectivity index (χ4v) is 3.65. The van der Waals surface area contributed by atoms with Crippen LogP contribution in [0.2, 0.25) is 0 Å². The van der Waals surface area contributed by atoms with E-state index in [1.165, 1.54) is 11.8 Å². The molecule has 0 saturated carbocycles. The summed E-state index contributed by atoms with van der Waals surface area (Å²) in [7, 11) is 0. The van der Waals surface area contributed by atoms with E-state index in [4.69, 9.17) is 0 Å². The zero-order valence-electron chi connectivity index (χ0n) is 12.2. The number of carboxylic acid groups (broad SMARTS) is 1. The molecule has 5 heteroatoms. The van der Waals surface area contributed by atoms with Crippen LogP contribution in [-0.4, -0.2) is 39.7 Å². The Morgan fingerprint density at radius 3 is 2.67 bits per heavy atom. The van der Waals surface area contributed by atoms with Crippen LogP contribution >= 0.6 is 11.8 Å². The number of hydrogen-bond acceptors (Lipinski definition) is 3. The summed E-state index contributed by atoms with van der Waals surface area (Å²) in [5.41, 5.74) is 0. The lowest BCUT2D eigenvalue weighted by molar-refractivity contribution is -0.151. The summed E-state index contributed by atoms with van der Waals surface area (Å²) >= 11 is 1.52. The lowest BCUT2D eigenvalue weighted by Crippen LogP contribution is -2.50. The molecule has 4 nitrogen and oxygen atoms in total. The van der Waals surface area contributed by atoms with Crippen LogP contribution in [0.15, 0.2) is 35.2 Å². The number of nitrogens with zero attached hydrogens (tertiary/aromatic N) is 1. The lowest BCUT2D eigenvalue weighted by Gasteiger charge is -2.35. The van der Waals surface area contributed by atoms with E-state index in [1.807, 2.05) is 37.3 Å². The van der Waals surface area contributed by atoms with E-state index in [0.29, 0.717) is 19.4 Å². The van der Waals surface area contributed by atoms with Crippen LogP contribution in [0, 0.1) is 0 Å². The third-order valence-electron chi connectivity index (χ3n) is 3.74. The maximum absolute atomic E-state index is 12.7. The second-order valence-electron chi connectivity index (χ2n) is 5.21. The van der Waals surface area contributed by atoms with Gasteiger partial charge in [0.1, 0.15) is 6.04 Å². The number of carboxylic acids is 1. The molecule has 1 aromatic carbocycles. The van der Waals surface area contributed by atoms with Crippen LogP contribution < -0.4 is 0 Å². The number of hydrogen-bond donors (Lipinski definition) is 1. The van der Waals surface area contributed by atoms with Gasteiger partial charge in [0.15, 0.2) is 0 Å². The predicted molar refractivity (Wildman–Crippen MR) is 83.4 cm³/mol. The van der Waals surface area contributed by atoms with Crippen molar-refractivity contribution in [3.05, 3.63) is 30.3 Å². The van der Waals surface area contributed by atoms with Gasteiger partial charge in [-0.25, -0.2) is 4.79 Å². The van der Waals surface area contributed by atoms with Crippen molar-refractivity contribution in [3.63, 3.8) is 0 Å². The van der Waals surface area contributed by atoms with Crippen LogP contribution in [-0.2, 0) is 9.59 Å². The Morgan fingerprint density at radius 2 is 2.05 bits per heavy atom. The zero-order chi connectivity index (χ0) is 15.2. The highest BCUT2D eigenvalue weighted by molar-refractivity contribution is 8.00. The van der Waals surface area contributed by atoms with Gasteiger partial charge in [0, 0.05) is 11.4 Å². The van der Waals surface area contributed by atoms with Crippen LogP contribution in [0.4, 0.5) is 0 Å². The normalized spacial score (nSPS) is 20.0. The number of likely N-dealkylation sites (tertiary alicyclic amines) is 1. The lowest BCUT2D eigenvalue weighted by atomic mass is 10.0. The molecule has 21 heavy (non-hydrogen) atoms. The minimum atomic E-state index is -0.886. The third-order valence-corrected chi connectivity index (χ3v) is 5.10. The Kier molecular flexibility index (Phi) is 5.67. The first kappa shape index (κ1) is 15.9. The summed E-state index contributed by atoms with van der Waals surface area (Å²) in [6, 6.07) is 9.13. The van der Waals surface area contributed by atoms with Crippen molar-refractivity contribution < 1.29 is 14.7 Å². The van der Waals surface area contributed by atoms with Gasteiger partial charge in [-0.1, -0.05) is 25.1 Å². The van der Waals surface area contributed by atoms with Crippen LogP contribution in [0.5, 0.6) is 0 Å². The van der Waals surface area contributed by atoms with Crippen molar-refractivity contribution in [2.24, 2.45) is 0 Å². The van der Waals surface area contributed by atoms with E-state index in [1.54, 1.807) is 4.90 Å². The van der Waals surface area contributed by atoms with Gasteiger partial charge < -0.3 is 10.0 Å². The molecule has 1 aliphatic heterocycles. The van der Waals surface area contributed by atoms with Crippen molar-refractivity contribution >= 4 is 23.6 Å². The first-order valence-electron chi connectivity index (χ1n) is 7.38. The summed E-state index contributed by atoms with van der Waals surface area (Å²) < 4.78 is 0. The molecule has 0 aliphatic carbocycles. The molecule has 2 atom stereocenters. The van der Waals surface area contributed by atoms with Gasteiger partial charge in [0.25, 0.3) is 0 Å². The van der Waals surface area contributed by atoms with Gasteiger partial charge in [-0.05, 0) is 37.8 Å². The SMILES string of the molecule is CCC(Sc1ccccc1)C(=O)N1CCCCC1C(=O)O. The monoisotopic (exact) mass is 307 g/mol. The van der Waals surface area contributed by atoms with E-state index in [-0.39, 0.29) is 11.2 Å². The molecule has 0 bridgehead atoms. The van der Waals surface area contributed by atoms with Crippen molar-refractivity contribution in [1.82, 2.24) is 4.90 Å². The molecule has 1 heterocycles. The van der Waals surface area contributed by atoms with Crippen molar-refractivity contribution in [1.29, 1.82) is 0 Å². The van der Waals surface area contributed by atoms with Crippen LogP contribution in [0.3, 0.4) is 0 Å². The van der Waals surface area contributed by atoms with Gasteiger partial charge in [-0.15, -0.1) is 11.8 Å². The highest BCUT2D eigenvalue weighted by Gasteiger charge is 2.35. The molecule has 0 aromatic heterocycles. The Morgan fingerprint density at radius 1 is 1.33 bits per heavy atom. The van der Waals surface area contributed by atoms with Gasteiger partial charge in [0.05, 0.1) is 5.25 Å². The smallest absolute Gasteiger partial charge is 0.326 e. The van der Waals surface area contributed by atoms with Gasteiger partial charge in [-0.2, -0.15) is 0 Å². The number of carbonyl (C=O) groups excluding carboxylic acids is 1. The molecular weight excluding hydrogens is 286 g/mol. The Labute approximate surface area is 129 Å². The molecule has 1 N–H and O–H groups in total. The summed E-state index contributed by atoms with van der Waals surface area (Å²) in [4.78, 5) is 26.6. The van der Waals surface area contributed by atoms with E-state index < -0.39 is 12.0 Å². The fourth-order valence-electron chi connectivity index (χ4n) is 2.61. The molecule has 1 fully saturated rings. The first-order valence-corrected chi connectivity index (χ1v) is 8.26. The quantitative estimate of drug-likeness (QED) is 0.850. The van der Waals surface area contributed by atoms with Crippen molar-refractivity contribution in [2.75, 3.05) is 6.54 Å². The number of rotatable bonds is 5. The van der Waals surface area contributed by atoms with E-state index >= 15 is 0 Å². The molecule has 0 radical (unpaired) electrons. The molecular formula is C16H21NO3S. The highest BCUT2D eigenvalue weighted by atomic mass is 32.2. The molecule has 0 spiro atoms. The number of carbonyl (C=O) groups is 2. The minimum absolute atomic E-state index is 0.0431. The van der Waals surface area contributed by atoms with Gasteiger partial charge in [0.2, 0.25) is 5.91 Å². The molecule has 1 saturated heterocycles. The molecule has 114 valence electrons.